The normalized spacial score (nSPS) is 15.9. The lowest BCUT2D eigenvalue weighted by atomic mass is 9.95. The van der Waals surface area contributed by atoms with Crippen molar-refractivity contribution in [1.29, 1.82) is 0 Å². The van der Waals surface area contributed by atoms with Gasteiger partial charge in [0.05, 0.1) is 5.69 Å². The monoisotopic (exact) mass is 205 g/mol. The van der Waals surface area contributed by atoms with Crippen molar-refractivity contribution in [2.24, 2.45) is 5.11 Å². The van der Waals surface area contributed by atoms with E-state index in [9.17, 15) is 0 Å². The third kappa shape index (κ3) is 1.81. The Morgan fingerprint density at radius 3 is 3.00 bits per heavy atom. The lowest BCUT2D eigenvalue weighted by Gasteiger charge is -2.11. The van der Waals surface area contributed by atoms with E-state index in [1.165, 1.54) is 18.4 Å². The fourth-order valence-electron chi connectivity index (χ4n) is 1.74. The highest BCUT2D eigenvalue weighted by Gasteiger charge is 2.10. The van der Waals surface area contributed by atoms with Crippen LogP contribution in [0.2, 0.25) is 0 Å². The minimum atomic E-state index is 0.783. The second kappa shape index (κ2) is 4.31. The Kier molecular flexibility index (Phi) is 2.87. The van der Waals surface area contributed by atoms with Gasteiger partial charge in [-0.15, -0.1) is 0 Å². The van der Waals surface area contributed by atoms with E-state index in [1.807, 2.05) is 5.38 Å². The summed E-state index contributed by atoms with van der Waals surface area (Å²) in [6.45, 7) is 0. The van der Waals surface area contributed by atoms with Gasteiger partial charge < -0.3 is 0 Å². The summed E-state index contributed by atoms with van der Waals surface area (Å²) in [6, 6.07) is 0. The highest BCUT2D eigenvalue weighted by molar-refractivity contribution is 7.08. The second-order valence-corrected chi connectivity index (χ2v) is 4.08. The fraction of sp³-hybridized carbons (Fsp3) is 0.400. The van der Waals surface area contributed by atoms with Gasteiger partial charge in [0.25, 0.3) is 0 Å². The van der Waals surface area contributed by atoms with Crippen molar-refractivity contribution >= 4 is 22.6 Å². The third-order valence-electron chi connectivity index (χ3n) is 2.43. The molecule has 2 rings (SSSR count). The summed E-state index contributed by atoms with van der Waals surface area (Å²) in [6.07, 6.45) is 7.06. The fourth-order valence-corrected chi connectivity index (χ4v) is 2.52. The van der Waals surface area contributed by atoms with Gasteiger partial charge in [0.15, 0.2) is 0 Å². The predicted octanol–water partition coefficient (Wildman–Crippen LogP) is 4.65. The molecule has 1 aliphatic rings. The highest BCUT2D eigenvalue weighted by Crippen LogP contribution is 2.35. The van der Waals surface area contributed by atoms with Gasteiger partial charge in [0, 0.05) is 10.3 Å². The molecule has 0 unspecified atom stereocenters. The van der Waals surface area contributed by atoms with Gasteiger partial charge in [-0.3, -0.25) is 0 Å². The molecule has 0 N–H and O–H groups in total. The number of allylic oxidation sites excluding steroid dienone is 2. The van der Waals surface area contributed by atoms with Crippen molar-refractivity contribution < 1.29 is 0 Å². The van der Waals surface area contributed by atoms with Gasteiger partial charge in [-0.2, -0.15) is 11.3 Å². The quantitative estimate of drug-likeness (QED) is 0.383. The van der Waals surface area contributed by atoms with Gasteiger partial charge in [-0.1, -0.05) is 11.2 Å². The van der Waals surface area contributed by atoms with E-state index in [4.69, 9.17) is 5.53 Å². The van der Waals surface area contributed by atoms with Crippen LogP contribution in [0.5, 0.6) is 0 Å². The summed E-state index contributed by atoms with van der Waals surface area (Å²) in [5.74, 6) is 0. The Bertz CT molecular complexity index is 399. The Balaban J connectivity index is 2.34. The number of nitrogens with zero attached hydrogens (tertiary/aromatic N) is 3. The van der Waals surface area contributed by atoms with Gasteiger partial charge >= 0.3 is 0 Å². The van der Waals surface area contributed by atoms with E-state index in [-0.39, 0.29) is 0 Å². The summed E-state index contributed by atoms with van der Waals surface area (Å²) in [4.78, 5) is 2.84. The van der Waals surface area contributed by atoms with Gasteiger partial charge in [0.1, 0.15) is 0 Å². The molecule has 0 saturated carbocycles. The van der Waals surface area contributed by atoms with Crippen molar-refractivity contribution in [2.45, 2.75) is 25.7 Å². The van der Waals surface area contributed by atoms with E-state index in [0.29, 0.717) is 0 Å². The van der Waals surface area contributed by atoms with E-state index in [2.05, 4.69) is 21.5 Å². The molecule has 14 heavy (non-hydrogen) atoms. The molecule has 0 aromatic carbocycles. The molecule has 1 heterocycles. The first-order chi connectivity index (χ1) is 6.92. The average Bonchev–Trinajstić information content (AvgIpc) is 2.68. The van der Waals surface area contributed by atoms with Crippen LogP contribution in [0.4, 0.5) is 5.69 Å². The zero-order valence-electron chi connectivity index (χ0n) is 7.81. The van der Waals surface area contributed by atoms with Gasteiger partial charge in [-0.05, 0) is 47.7 Å². The molecular weight excluding hydrogens is 194 g/mol. The summed E-state index contributed by atoms with van der Waals surface area (Å²) < 4.78 is 0. The molecule has 0 fully saturated rings. The molecule has 1 aromatic rings. The minimum absolute atomic E-state index is 0.783. The lowest BCUT2D eigenvalue weighted by molar-refractivity contribution is 0.742. The van der Waals surface area contributed by atoms with Crippen LogP contribution in [-0.4, -0.2) is 0 Å². The molecule has 4 heteroatoms. The first-order valence-corrected chi connectivity index (χ1v) is 5.67. The van der Waals surface area contributed by atoms with Crippen molar-refractivity contribution in [3.63, 3.8) is 0 Å². The first-order valence-electron chi connectivity index (χ1n) is 4.72. The van der Waals surface area contributed by atoms with E-state index in [0.717, 1.165) is 24.1 Å². The second-order valence-electron chi connectivity index (χ2n) is 3.34. The third-order valence-corrected chi connectivity index (χ3v) is 3.16. The van der Waals surface area contributed by atoms with Gasteiger partial charge in [0.2, 0.25) is 0 Å². The summed E-state index contributed by atoms with van der Waals surface area (Å²) in [5, 5.41) is 7.67. The number of rotatable bonds is 2. The number of azide groups is 1. The SMILES string of the molecule is [N-]=[N+]=Nc1cscc1C1=CCCCC1. The van der Waals surface area contributed by atoms with Crippen molar-refractivity contribution in [3.05, 3.63) is 32.8 Å². The Labute approximate surface area is 86.7 Å². The number of thiophene rings is 1. The van der Waals surface area contributed by atoms with Crippen LogP contribution >= 0.6 is 11.3 Å². The van der Waals surface area contributed by atoms with Crippen LogP contribution in [0.1, 0.15) is 31.2 Å². The molecule has 0 atom stereocenters. The van der Waals surface area contributed by atoms with E-state index in [1.54, 1.807) is 11.3 Å². The molecular formula is C10H11N3S. The highest BCUT2D eigenvalue weighted by atomic mass is 32.1. The molecule has 0 spiro atoms. The maximum atomic E-state index is 8.40. The van der Waals surface area contributed by atoms with Crippen molar-refractivity contribution in [2.75, 3.05) is 0 Å². The van der Waals surface area contributed by atoms with Crippen LogP contribution in [0.15, 0.2) is 22.0 Å². The summed E-state index contributed by atoms with van der Waals surface area (Å²) >= 11 is 1.59. The Morgan fingerprint density at radius 2 is 2.29 bits per heavy atom. The summed E-state index contributed by atoms with van der Waals surface area (Å²) in [7, 11) is 0. The van der Waals surface area contributed by atoms with E-state index < -0.39 is 0 Å². The Hall–Kier alpha value is -1.25. The van der Waals surface area contributed by atoms with E-state index >= 15 is 0 Å². The largest absolute Gasteiger partial charge is 0.151 e. The molecule has 1 aromatic heterocycles. The van der Waals surface area contributed by atoms with Crippen molar-refractivity contribution in [1.82, 2.24) is 0 Å². The minimum Gasteiger partial charge on any atom is -0.151 e. The molecule has 0 aliphatic heterocycles. The van der Waals surface area contributed by atoms with Crippen molar-refractivity contribution in [3.8, 4) is 0 Å². The Morgan fingerprint density at radius 1 is 1.36 bits per heavy atom. The maximum absolute atomic E-state index is 8.40. The molecule has 0 saturated heterocycles. The molecule has 72 valence electrons. The van der Waals surface area contributed by atoms with Crippen LogP contribution in [0.25, 0.3) is 16.0 Å². The number of hydrogen-bond donors (Lipinski definition) is 0. The van der Waals surface area contributed by atoms with Crippen LogP contribution in [0, 0.1) is 0 Å². The van der Waals surface area contributed by atoms with Crippen LogP contribution in [0.3, 0.4) is 0 Å². The standard InChI is InChI=1S/C10H11N3S/c11-13-12-10-7-14-6-9(10)8-4-2-1-3-5-8/h4,6-7H,1-3,5H2. The first kappa shape index (κ1) is 9.31. The average molecular weight is 205 g/mol. The lowest BCUT2D eigenvalue weighted by Crippen LogP contribution is -1.89. The zero-order valence-corrected chi connectivity index (χ0v) is 8.63. The zero-order chi connectivity index (χ0) is 9.80. The molecule has 0 amide bonds. The topological polar surface area (TPSA) is 48.8 Å². The maximum Gasteiger partial charge on any atom is 0.0557 e. The molecule has 0 radical (unpaired) electrons. The smallest absolute Gasteiger partial charge is 0.0557 e. The number of hydrogen-bond acceptors (Lipinski definition) is 2. The molecule has 0 bridgehead atoms. The van der Waals surface area contributed by atoms with Gasteiger partial charge in [-0.25, -0.2) is 0 Å². The molecule has 1 aliphatic carbocycles. The predicted molar refractivity (Wildman–Crippen MR) is 59.6 cm³/mol. The summed E-state index contributed by atoms with van der Waals surface area (Å²) in [5.41, 5.74) is 11.7. The molecule has 3 nitrogen and oxygen atoms in total. The van der Waals surface area contributed by atoms with Crippen LogP contribution in [-0.2, 0) is 0 Å². The van der Waals surface area contributed by atoms with Crippen LogP contribution < -0.4 is 0 Å².